The maximum absolute atomic E-state index is 13.1. The maximum atomic E-state index is 13.1. The van der Waals surface area contributed by atoms with E-state index in [0.29, 0.717) is 17.1 Å². The Balaban J connectivity index is 2.21. The van der Waals surface area contributed by atoms with Gasteiger partial charge in [-0.3, -0.25) is 4.79 Å². The maximum Gasteiger partial charge on any atom is 0.259 e. The second kappa shape index (κ2) is 4.52. The summed E-state index contributed by atoms with van der Waals surface area (Å²) in [6.45, 7) is 3.42. The van der Waals surface area contributed by atoms with E-state index in [1.807, 2.05) is 0 Å². The van der Waals surface area contributed by atoms with Crippen LogP contribution in [0, 0.1) is 19.7 Å². The summed E-state index contributed by atoms with van der Waals surface area (Å²) in [4.78, 5) is 11.9. The standard InChI is InChI=1S/C13H12FNO3/c1-7-5-10(8(2)18-7)13(17)15-9-3-4-12(16)11(14)6-9/h3-6,16H,1-2H3,(H,15,17). The molecule has 0 spiro atoms. The molecule has 5 heteroatoms. The van der Waals surface area contributed by atoms with Gasteiger partial charge >= 0.3 is 0 Å². The molecule has 0 fully saturated rings. The summed E-state index contributed by atoms with van der Waals surface area (Å²) < 4.78 is 18.3. The van der Waals surface area contributed by atoms with Gasteiger partial charge in [-0.25, -0.2) is 4.39 Å². The van der Waals surface area contributed by atoms with Gasteiger partial charge in [-0.15, -0.1) is 0 Å². The first kappa shape index (κ1) is 12.2. The van der Waals surface area contributed by atoms with Gasteiger partial charge in [0.2, 0.25) is 0 Å². The Kier molecular flexibility index (Phi) is 3.06. The fourth-order valence-corrected chi connectivity index (χ4v) is 1.64. The Morgan fingerprint density at radius 2 is 2.06 bits per heavy atom. The number of phenolic OH excluding ortho intramolecular Hbond substituents is 1. The van der Waals surface area contributed by atoms with E-state index in [0.717, 1.165) is 6.07 Å². The second-order valence-corrected chi connectivity index (χ2v) is 3.95. The minimum Gasteiger partial charge on any atom is -0.505 e. The van der Waals surface area contributed by atoms with E-state index in [-0.39, 0.29) is 11.6 Å². The quantitative estimate of drug-likeness (QED) is 0.804. The molecule has 1 heterocycles. The second-order valence-electron chi connectivity index (χ2n) is 3.95. The molecule has 2 N–H and O–H groups in total. The number of aryl methyl sites for hydroxylation is 2. The summed E-state index contributed by atoms with van der Waals surface area (Å²) in [5.74, 6) is -0.482. The number of anilines is 1. The summed E-state index contributed by atoms with van der Waals surface area (Å²) in [7, 11) is 0. The minimum atomic E-state index is -0.784. The molecule has 0 atom stereocenters. The van der Waals surface area contributed by atoms with Crippen LogP contribution < -0.4 is 5.32 Å². The fraction of sp³-hybridized carbons (Fsp3) is 0.154. The minimum absolute atomic E-state index is 0.272. The highest BCUT2D eigenvalue weighted by Crippen LogP contribution is 2.21. The zero-order valence-electron chi connectivity index (χ0n) is 9.95. The lowest BCUT2D eigenvalue weighted by molar-refractivity contribution is 0.102. The number of halogens is 1. The summed E-state index contributed by atoms with van der Waals surface area (Å²) in [5.41, 5.74) is 0.675. The van der Waals surface area contributed by atoms with Crippen LogP contribution in [0.2, 0.25) is 0 Å². The van der Waals surface area contributed by atoms with Gasteiger partial charge in [0, 0.05) is 11.8 Å². The molecule has 0 radical (unpaired) electrons. The summed E-state index contributed by atoms with van der Waals surface area (Å²) in [6.07, 6.45) is 0. The van der Waals surface area contributed by atoms with E-state index >= 15 is 0 Å². The number of carbonyl (C=O) groups excluding carboxylic acids is 1. The molecule has 2 aromatic rings. The van der Waals surface area contributed by atoms with Crippen molar-refractivity contribution in [3.8, 4) is 5.75 Å². The molecule has 1 amide bonds. The van der Waals surface area contributed by atoms with Crippen molar-refractivity contribution in [2.24, 2.45) is 0 Å². The molecular formula is C13H12FNO3. The van der Waals surface area contributed by atoms with Gasteiger partial charge in [0.15, 0.2) is 11.6 Å². The van der Waals surface area contributed by atoms with Gasteiger partial charge in [0.25, 0.3) is 5.91 Å². The predicted molar refractivity (Wildman–Crippen MR) is 64.2 cm³/mol. The van der Waals surface area contributed by atoms with Gasteiger partial charge in [-0.05, 0) is 32.0 Å². The van der Waals surface area contributed by atoms with E-state index < -0.39 is 11.6 Å². The molecule has 4 nitrogen and oxygen atoms in total. The average Bonchev–Trinajstić information content (AvgIpc) is 2.63. The molecule has 0 saturated carbocycles. The number of carbonyl (C=O) groups is 1. The van der Waals surface area contributed by atoms with Crippen LogP contribution in [0.4, 0.5) is 10.1 Å². The molecule has 2 rings (SSSR count). The molecule has 0 aliphatic carbocycles. The molecule has 1 aromatic carbocycles. The van der Waals surface area contributed by atoms with Crippen molar-refractivity contribution in [1.82, 2.24) is 0 Å². The summed E-state index contributed by atoms with van der Waals surface area (Å²) >= 11 is 0. The lowest BCUT2D eigenvalue weighted by Gasteiger charge is -2.04. The number of amides is 1. The number of furan rings is 1. The van der Waals surface area contributed by atoms with Crippen LogP contribution in [-0.4, -0.2) is 11.0 Å². The monoisotopic (exact) mass is 249 g/mol. The van der Waals surface area contributed by atoms with E-state index in [4.69, 9.17) is 9.52 Å². The highest BCUT2D eigenvalue weighted by atomic mass is 19.1. The number of hydrogen-bond acceptors (Lipinski definition) is 3. The molecule has 1 aromatic heterocycles. The van der Waals surface area contributed by atoms with Crippen molar-refractivity contribution in [3.05, 3.63) is 47.2 Å². The van der Waals surface area contributed by atoms with Crippen LogP contribution in [-0.2, 0) is 0 Å². The number of hydrogen-bond donors (Lipinski definition) is 2. The Bertz CT molecular complexity index is 604. The SMILES string of the molecule is Cc1cc(C(=O)Nc2ccc(O)c(F)c2)c(C)o1. The number of aromatic hydroxyl groups is 1. The van der Waals surface area contributed by atoms with Gasteiger partial charge in [0.1, 0.15) is 11.5 Å². The molecule has 94 valence electrons. The van der Waals surface area contributed by atoms with Gasteiger partial charge < -0.3 is 14.8 Å². The number of rotatable bonds is 2. The van der Waals surface area contributed by atoms with Crippen LogP contribution in [0.15, 0.2) is 28.7 Å². The van der Waals surface area contributed by atoms with Gasteiger partial charge in [0.05, 0.1) is 5.56 Å². The number of benzene rings is 1. The lowest BCUT2D eigenvalue weighted by Crippen LogP contribution is -2.12. The number of phenols is 1. The van der Waals surface area contributed by atoms with E-state index in [9.17, 15) is 9.18 Å². The Labute approximate surface area is 103 Å². The Morgan fingerprint density at radius 3 is 2.61 bits per heavy atom. The van der Waals surface area contributed by atoms with Crippen LogP contribution in [0.25, 0.3) is 0 Å². The predicted octanol–water partition coefficient (Wildman–Crippen LogP) is 2.99. The zero-order chi connectivity index (χ0) is 13.3. The molecule has 0 bridgehead atoms. The van der Waals surface area contributed by atoms with Gasteiger partial charge in [-0.1, -0.05) is 0 Å². The molecule has 0 saturated heterocycles. The van der Waals surface area contributed by atoms with Crippen molar-refractivity contribution in [2.45, 2.75) is 13.8 Å². The van der Waals surface area contributed by atoms with Crippen molar-refractivity contribution >= 4 is 11.6 Å². The number of nitrogens with one attached hydrogen (secondary N) is 1. The first-order chi connectivity index (χ1) is 8.47. The molecule has 0 unspecified atom stereocenters. The van der Waals surface area contributed by atoms with E-state index in [2.05, 4.69) is 5.32 Å². The molecule has 0 aliphatic rings. The van der Waals surface area contributed by atoms with E-state index in [1.54, 1.807) is 19.9 Å². The Morgan fingerprint density at radius 1 is 1.33 bits per heavy atom. The molecule has 18 heavy (non-hydrogen) atoms. The third-order valence-corrected chi connectivity index (χ3v) is 2.49. The summed E-state index contributed by atoms with van der Waals surface area (Å²) in [5, 5.41) is 11.6. The highest BCUT2D eigenvalue weighted by Gasteiger charge is 2.14. The lowest BCUT2D eigenvalue weighted by atomic mass is 10.2. The van der Waals surface area contributed by atoms with Crippen LogP contribution in [0.1, 0.15) is 21.9 Å². The van der Waals surface area contributed by atoms with Gasteiger partial charge in [-0.2, -0.15) is 0 Å². The molecular weight excluding hydrogens is 237 g/mol. The third-order valence-electron chi connectivity index (χ3n) is 2.49. The van der Waals surface area contributed by atoms with Crippen molar-refractivity contribution in [3.63, 3.8) is 0 Å². The topological polar surface area (TPSA) is 62.5 Å². The van der Waals surface area contributed by atoms with Crippen molar-refractivity contribution in [1.29, 1.82) is 0 Å². The summed E-state index contributed by atoms with van der Waals surface area (Å²) in [6, 6.07) is 5.26. The van der Waals surface area contributed by atoms with Crippen molar-refractivity contribution in [2.75, 3.05) is 5.32 Å². The van der Waals surface area contributed by atoms with Crippen LogP contribution in [0.3, 0.4) is 0 Å². The molecule has 0 aliphatic heterocycles. The average molecular weight is 249 g/mol. The fourth-order valence-electron chi connectivity index (χ4n) is 1.64. The Hall–Kier alpha value is -2.30. The first-order valence-electron chi connectivity index (χ1n) is 5.34. The highest BCUT2D eigenvalue weighted by molar-refractivity contribution is 6.05. The van der Waals surface area contributed by atoms with Crippen molar-refractivity contribution < 1.29 is 18.7 Å². The third kappa shape index (κ3) is 2.34. The first-order valence-corrected chi connectivity index (χ1v) is 5.34. The van der Waals surface area contributed by atoms with Crippen LogP contribution >= 0.6 is 0 Å². The largest absolute Gasteiger partial charge is 0.505 e. The smallest absolute Gasteiger partial charge is 0.259 e. The normalized spacial score (nSPS) is 10.4. The van der Waals surface area contributed by atoms with Crippen LogP contribution in [0.5, 0.6) is 5.75 Å². The zero-order valence-corrected chi connectivity index (χ0v) is 9.95. The van der Waals surface area contributed by atoms with E-state index in [1.165, 1.54) is 12.1 Å².